The van der Waals surface area contributed by atoms with E-state index in [4.69, 9.17) is 4.42 Å². The molecule has 2 aromatic carbocycles. The molecule has 1 fully saturated rings. The summed E-state index contributed by atoms with van der Waals surface area (Å²) in [5.41, 5.74) is 2.84. The summed E-state index contributed by atoms with van der Waals surface area (Å²) in [4.78, 5) is 18.9. The molecule has 1 aliphatic rings. The highest BCUT2D eigenvalue weighted by atomic mass is 32.2. The van der Waals surface area contributed by atoms with Gasteiger partial charge in [0.05, 0.1) is 10.6 Å². The minimum absolute atomic E-state index is 0.205. The van der Waals surface area contributed by atoms with Crippen LogP contribution >= 0.6 is 0 Å². The van der Waals surface area contributed by atoms with Gasteiger partial charge in [-0.2, -0.15) is 4.31 Å². The van der Waals surface area contributed by atoms with Crippen molar-refractivity contribution in [3.63, 3.8) is 0 Å². The summed E-state index contributed by atoms with van der Waals surface area (Å²) in [6.07, 6.45) is 2.15. The first-order chi connectivity index (χ1) is 15.4. The number of aromatic nitrogens is 1. The summed E-state index contributed by atoms with van der Waals surface area (Å²) in [5.74, 6) is 0.557. The van der Waals surface area contributed by atoms with E-state index >= 15 is 0 Å². The number of carbonyl (C=O) groups is 1. The number of oxazole rings is 1. The second kappa shape index (κ2) is 9.54. The van der Waals surface area contributed by atoms with Gasteiger partial charge in [0.2, 0.25) is 15.9 Å². The number of sulfonamides is 1. The van der Waals surface area contributed by atoms with Crippen LogP contribution < -0.4 is 5.32 Å². The van der Waals surface area contributed by atoms with Crippen LogP contribution in [0.4, 0.5) is 4.79 Å². The van der Waals surface area contributed by atoms with E-state index < -0.39 is 10.0 Å². The summed E-state index contributed by atoms with van der Waals surface area (Å²) in [6.45, 7) is 3.68. The zero-order valence-electron chi connectivity index (χ0n) is 17.9. The van der Waals surface area contributed by atoms with Crippen LogP contribution in [0.2, 0.25) is 0 Å². The number of benzene rings is 2. The molecule has 9 heteroatoms. The summed E-state index contributed by atoms with van der Waals surface area (Å²) < 4.78 is 32.4. The minimum Gasteiger partial charge on any atom is -0.444 e. The van der Waals surface area contributed by atoms with Crippen LogP contribution in [0.5, 0.6) is 0 Å². The van der Waals surface area contributed by atoms with Gasteiger partial charge in [0.1, 0.15) is 6.26 Å². The molecule has 0 atom stereocenters. The van der Waals surface area contributed by atoms with Gasteiger partial charge in [-0.1, -0.05) is 35.9 Å². The van der Waals surface area contributed by atoms with Gasteiger partial charge in [-0.15, -0.1) is 0 Å². The Morgan fingerprint density at radius 2 is 1.72 bits per heavy atom. The number of aryl methyl sites for hydroxylation is 1. The molecule has 4 rings (SSSR count). The van der Waals surface area contributed by atoms with Gasteiger partial charge in [0, 0.05) is 44.7 Å². The summed E-state index contributed by atoms with van der Waals surface area (Å²) in [5, 5.41) is 2.88. The van der Waals surface area contributed by atoms with Crippen molar-refractivity contribution in [3.05, 3.63) is 72.1 Å². The Labute approximate surface area is 187 Å². The molecule has 1 aliphatic heterocycles. The Hall–Kier alpha value is -3.17. The lowest BCUT2D eigenvalue weighted by atomic mass is 10.1. The van der Waals surface area contributed by atoms with E-state index in [0.29, 0.717) is 31.9 Å². The number of urea groups is 1. The number of hydrogen-bond donors (Lipinski definition) is 1. The third kappa shape index (κ3) is 5.00. The summed E-state index contributed by atoms with van der Waals surface area (Å²) in [7, 11) is -3.53. The molecule has 0 saturated carbocycles. The van der Waals surface area contributed by atoms with E-state index in [2.05, 4.69) is 10.3 Å². The standard InChI is InChI=1S/C23H26N4O4S/c1-18-7-9-19(10-8-18)22-25-20(17-31-22)11-12-24-23(28)26-13-15-27(16-14-26)32(29,30)21-5-3-2-4-6-21/h2-10,17H,11-16H2,1H3,(H,24,28). The number of rotatable bonds is 6. The average Bonchev–Trinajstić information content (AvgIpc) is 3.29. The fourth-order valence-corrected chi connectivity index (χ4v) is 4.98. The first-order valence-corrected chi connectivity index (χ1v) is 12.0. The first-order valence-electron chi connectivity index (χ1n) is 10.5. The Balaban J connectivity index is 1.24. The van der Waals surface area contributed by atoms with Crippen molar-refractivity contribution in [3.8, 4) is 11.5 Å². The highest BCUT2D eigenvalue weighted by Gasteiger charge is 2.29. The van der Waals surface area contributed by atoms with Crippen LogP contribution in [-0.4, -0.2) is 61.4 Å². The maximum atomic E-state index is 12.7. The van der Waals surface area contributed by atoms with Crippen LogP contribution in [0.25, 0.3) is 11.5 Å². The third-order valence-electron chi connectivity index (χ3n) is 5.41. The van der Waals surface area contributed by atoms with Gasteiger partial charge in [-0.25, -0.2) is 18.2 Å². The van der Waals surface area contributed by atoms with Gasteiger partial charge in [0.25, 0.3) is 0 Å². The Morgan fingerprint density at radius 3 is 2.41 bits per heavy atom. The molecule has 168 valence electrons. The zero-order valence-corrected chi connectivity index (χ0v) is 18.7. The number of piperazine rings is 1. The molecule has 2 amide bonds. The van der Waals surface area contributed by atoms with Crippen molar-refractivity contribution in [1.82, 2.24) is 19.5 Å². The van der Waals surface area contributed by atoms with Gasteiger partial charge in [0.15, 0.2) is 0 Å². The molecule has 0 unspecified atom stereocenters. The van der Waals surface area contributed by atoms with Crippen LogP contribution in [-0.2, 0) is 16.4 Å². The lowest BCUT2D eigenvalue weighted by molar-refractivity contribution is 0.172. The molecule has 1 aromatic heterocycles. The van der Waals surface area contributed by atoms with Gasteiger partial charge in [-0.05, 0) is 31.2 Å². The fraction of sp³-hybridized carbons (Fsp3) is 0.304. The Morgan fingerprint density at radius 1 is 1.03 bits per heavy atom. The molecule has 0 radical (unpaired) electrons. The summed E-state index contributed by atoms with van der Waals surface area (Å²) in [6, 6.07) is 16.1. The topological polar surface area (TPSA) is 95.8 Å². The van der Waals surface area contributed by atoms with Gasteiger partial charge < -0.3 is 14.6 Å². The fourth-order valence-electron chi connectivity index (χ4n) is 3.53. The van der Waals surface area contributed by atoms with E-state index in [1.807, 2.05) is 31.2 Å². The van der Waals surface area contributed by atoms with Crippen molar-refractivity contribution in [2.24, 2.45) is 0 Å². The predicted octanol–water partition coefficient (Wildman–Crippen LogP) is 2.91. The largest absolute Gasteiger partial charge is 0.444 e. The molecular weight excluding hydrogens is 428 g/mol. The average molecular weight is 455 g/mol. The third-order valence-corrected chi connectivity index (χ3v) is 7.33. The number of hydrogen-bond acceptors (Lipinski definition) is 5. The van der Waals surface area contributed by atoms with Crippen molar-refractivity contribution in [2.45, 2.75) is 18.2 Å². The number of nitrogens with zero attached hydrogens (tertiary/aromatic N) is 3. The summed E-state index contributed by atoms with van der Waals surface area (Å²) >= 11 is 0. The minimum atomic E-state index is -3.53. The number of nitrogens with one attached hydrogen (secondary N) is 1. The number of carbonyl (C=O) groups excluding carboxylic acids is 1. The van der Waals surface area contributed by atoms with Crippen molar-refractivity contribution in [1.29, 1.82) is 0 Å². The van der Waals surface area contributed by atoms with Crippen LogP contribution in [0.1, 0.15) is 11.3 Å². The molecule has 2 heterocycles. The van der Waals surface area contributed by atoms with Crippen molar-refractivity contribution >= 4 is 16.1 Å². The molecule has 0 aliphatic carbocycles. The monoisotopic (exact) mass is 454 g/mol. The maximum absolute atomic E-state index is 12.7. The quantitative estimate of drug-likeness (QED) is 0.618. The zero-order chi connectivity index (χ0) is 22.6. The van der Waals surface area contributed by atoms with Crippen LogP contribution in [0.15, 0.2) is 70.2 Å². The lowest BCUT2D eigenvalue weighted by Gasteiger charge is -2.34. The van der Waals surface area contributed by atoms with E-state index in [0.717, 1.165) is 11.3 Å². The number of amides is 2. The molecular formula is C23H26N4O4S. The van der Waals surface area contributed by atoms with Gasteiger partial charge in [-0.3, -0.25) is 0 Å². The normalized spacial score (nSPS) is 15.0. The molecule has 0 bridgehead atoms. The second-order valence-corrected chi connectivity index (χ2v) is 9.63. The van der Waals surface area contributed by atoms with E-state index in [1.165, 1.54) is 9.87 Å². The molecule has 32 heavy (non-hydrogen) atoms. The maximum Gasteiger partial charge on any atom is 0.317 e. The molecule has 1 saturated heterocycles. The molecule has 0 spiro atoms. The van der Waals surface area contributed by atoms with Gasteiger partial charge >= 0.3 is 6.03 Å². The predicted molar refractivity (Wildman–Crippen MR) is 121 cm³/mol. The SMILES string of the molecule is Cc1ccc(-c2nc(CCNC(=O)N3CCN(S(=O)(=O)c4ccccc4)CC3)co2)cc1. The first kappa shape index (κ1) is 22.0. The molecule has 1 N–H and O–H groups in total. The highest BCUT2D eigenvalue weighted by Crippen LogP contribution is 2.19. The second-order valence-electron chi connectivity index (χ2n) is 7.70. The molecule has 8 nitrogen and oxygen atoms in total. The van der Waals surface area contributed by atoms with Crippen LogP contribution in [0.3, 0.4) is 0 Å². The van der Waals surface area contributed by atoms with E-state index in [9.17, 15) is 13.2 Å². The Bertz CT molecular complexity index is 1150. The smallest absolute Gasteiger partial charge is 0.317 e. The van der Waals surface area contributed by atoms with Crippen LogP contribution in [0, 0.1) is 6.92 Å². The lowest BCUT2D eigenvalue weighted by Crippen LogP contribution is -2.53. The highest BCUT2D eigenvalue weighted by molar-refractivity contribution is 7.89. The van der Waals surface area contributed by atoms with Crippen molar-refractivity contribution in [2.75, 3.05) is 32.7 Å². The van der Waals surface area contributed by atoms with E-state index in [-0.39, 0.29) is 24.0 Å². The van der Waals surface area contributed by atoms with E-state index in [1.54, 1.807) is 41.5 Å². The Kier molecular flexibility index (Phi) is 6.57. The van der Waals surface area contributed by atoms with Crippen molar-refractivity contribution < 1.29 is 17.6 Å². The molecule has 3 aromatic rings.